The van der Waals surface area contributed by atoms with Gasteiger partial charge in [-0.2, -0.15) is 0 Å². The number of hydrogen-bond acceptors (Lipinski definition) is 5. The summed E-state index contributed by atoms with van der Waals surface area (Å²) in [6.45, 7) is 5.66. The van der Waals surface area contributed by atoms with Crippen LogP contribution in [0, 0.1) is 0 Å². The fourth-order valence-electron chi connectivity index (χ4n) is 2.73. The lowest BCUT2D eigenvalue weighted by molar-refractivity contribution is -0.132. The number of carbonyl (C=O) groups excluding carboxylic acids is 1. The molecule has 0 bridgehead atoms. The van der Waals surface area contributed by atoms with Crippen LogP contribution < -0.4 is 14.8 Å². The van der Waals surface area contributed by atoms with Crippen molar-refractivity contribution in [1.29, 1.82) is 0 Å². The van der Waals surface area contributed by atoms with Crippen molar-refractivity contribution in [2.24, 2.45) is 0 Å². The first-order valence-corrected chi connectivity index (χ1v) is 7.73. The van der Waals surface area contributed by atoms with Crippen LogP contribution in [0.4, 0.5) is 0 Å². The number of carbonyl (C=O) groups is 1. The second kappa shape index (κ2) is 8.38. The Hall–Kier alpha value is -1.50. The molecule has 1 saturated heterocycles. The van der Waals surface area contributed by atoms with Gasteiger partial charge in [0.05, 0.1) is 13.2 Å². The number of rotatable bonds is 5. The van der Waals surface area contributed by atoms with Crippen LogP contribution in [0.1, 0.15) is 18.9 Å². The van der Waals surface area contributed by atoms with Crippen molar-refractivity contribution >= 4 is 18.3 Å². The Labute approximate surface area is 142 Å². The second-order valence-corrected chi connectivity index (χ2v) is 5.53. The highest BCUT2D eigenvalue weighted by Gasteiger charge is 2.21. The summed E-state index contributed by atoms with van der Waals surface area (Å²) in [6, 6.07) is 5.94. The van der Waals surface area contributed by atoms with E-state index in [1.165, 1.54) is 0 Å². The van der Waals surface area contributed by atoms with E-state index in [0.717, 1.165) is 30.2 Å². The third kappa shape index (κ3) is 4.50. The van der Waals surface area contributed by atoms with Gasteiger partial charge < -0.3 is 24.4 Å². The minimum absolute atomic E-state index is 0. The van der Waals surface area contributed by atoms with Crippen molar-refractivity contribution < 1.29 is 19.0 Å². The molecule has 0 spiro atoms. The van der Waals surface area contributed by atoms with Gasteiger partial charge in [-0.3, -0.25) is 4.79 Å². The number of fused-ring (bicyclic) bond motifs is 1. The highest BCUT2D eigenvalue weighted by molar-refractivity contribution is 5.85. The smallest absolute Gasteiger partial charge is 0.231 e. The molecule has 6 nitrogen and oxygen atoms in total. The number of ether oxygens (including phenoxy) is 3. The Bertz CT molecular complexity index is 535. The van der Waals surface area contributed by atoms with Crippen molar-refractivity contribution in [1.82, 2.24) is 10.2 Å². The van der Waals surface area contributed by atoms with Crippen LogP contribution in [0.3, 0.4) is 0 Å². The van der Waals surface area contributed by atoms with E-state index < -0.39 is 0 Å². The summed E-state index contributed by atoms with van der Waals surface area (Å²) >= 11 is 0. The van der Waals surface area contributed by atoms with Gasteiger partial charge in [-0.05, 0) is 24.6 Å². The van der Waals surface area contributed by atoms with E-state index in [2.05, 4.69) is 5.32 Å². The lowest BCUT2D eigenvalue weighted by atomic mass is 10.1. The van der Waals surface area contributed by atoms with Gasteiger partial charge in [0.15, 0.2) is 11.5 Å². The fourth-order valence-corrected chi connectivity index (χ4v) is 2.73. The van der Waals surface area contributed by atoms with E-state index in [4.69, 9.17) is 14.2 Å². The van der Waals surface area contributed by atoms with E-state index in [1.807, 2.05) is 30.0 Å². The van der Waals surface area contributed by atoms with E-state index in [9.17, 15) is 4.79 Å². The third-order valence-corrected chi connectivity index (χ3v) is 3.96. The molecule has 7 heteroatoms. The molecular weight excluding hydrogens is 320 g/mol. The number of morpholine rings is 1. The Morgan fingerprint density at radius 2 is 2.17 bits per heavy atom. The molecule has 0 aromatic heterocycles. The van der Waals surface area contributed by atoms with Crippen LogP contribution in [0.15, 0.2) is 18.2 Å². The van der Waals surface area contributed by atoms with Gasteiger partial charge in [0.25, 0.3) is 0 Å². The van der Waals surface area contributed by atoms with Gasteiger partial charge >= 0.3 is 0 Å². The maximum absolute atomic E-state index is 12.5. The fraction of sp³-hybridized carbons (Fsp3) is 0.562. The normalized spacial score (nSPS) is 19.1. The first-order valence-electron chi connectivity index (χ1n) is 7.73. The minimum atomic E-state index is 0. The van der Waals surface area contributed by atoms with Gasteiger partial charge in [0.2, 0.25) is 12.7 Å². The first kappa shape index (κ1) is 17.8. The minimum Gasteiger partial charge on any atom is -0.454 e. The summed E-state index contributed by atoms with van der Waals surface area (Å²) < 4.78 is 16.1. The van der Waals surface area contributed by atoms with Crippen molar-refractivity contribution in [3.05, 3.63) is 23.8 Å². The summed E-state index contributed by atoms with van der Waals surface area (Å²) in [5.41, 5.74) is 1.05. The number of benzene rings is 1. The van der Waals surface area contributed by atoms with E-state index >= 15 is 0 Å². The molecule has 1 atom stereocenters. The average molecular weight is 343 g/mol. The van der Waals surface area contributed by atoms with Crippen molar-refractivity contribution in [2.75, 3.05) is 33.1 Å². The molecule has 2 aliphatic rings. The predicted octanol–water partition coefficient (Wildman–Crippen LogP) is 1.56. The monoisotopic (exact) mass is 342 g/mol. The number of nitrogens with one attached hydrogen (secondary N) is 1. The summed E-state index contributed by atoms with van der Waals surface area (Å²) in [7, 11) is 0. The molecule has 1 aromatic rings. The molecule has 128 valence electrons. The lowest BCUT2D eigenvalue weighted by Crippen LogP contribution is -2.45. The second-order valence-electron chi connectivity index (χ2n) is 5.53. The average Bonchev–Trinajstić information content (AvgIpc) is 3.01. The van der Waals surface area contributed by atoms with Crippen LogP contribution >= 0.6 is 12.4 Å². The molecule has 3 rings (SSSR count). The zero-order valence-corrected chi connectivity index (χ0v) is 14.1. The molecule has 1 fully saturated rings. The van der Waals surface area contributed by atoms with E-state index in [1.54, 1.807) is 0 Å². The molecule has 0 aliphatic carbocycles. The molecule has 2 heterocycles. The first-order chi connectivity index (χ1) is 10.8. The summed E-state index contributed by atoms with van der Waals surface area (Å²) in [4.78, 5) is 14.3. The maximum atomic E-state index is 12.5. The molecule has 1 unspecified atom stereocenters. The summed E-state index contributed by atoms with van der Waals surface area (Å²) in [5, 5.41) is 3.32. The van der Waals surface area contributed by atoms with Crippen molar-refractivity contribution in [3.8, 4) is 11.5 Å². The topological polar surface area (TPSA) is 60.0 Å². The number of hydrogen-bond donors (Lipinski definition) is 1. The zero-order valence-electron chi connectivity index (χ0n) is 13.2. The quantitative estimate of drug-likeness (QED) is 0.880. The third-order valence-electron chi connectivity index (χ3n) is 3.96. The largest absolute Gasteiger partial charge is 0.454 e. The van der Waals surface area contributed by atoms with Gasteiger partial charge in [-0.1, -0.05) is 6.07 Å². The highest BCUT2D eigenvalue weighted by atomic mass is 35.5. The molecule has 1 amide bonds. The number of halogens is 1. The Morgan fingerprint density at radius 1 is 1.35 bits per heavy atom. The van der Waals surface area contributed by atoms with Crippen molar-refractivity contribution in [3.63, 3.8) is 0 Å². The van der Waals surface area contributed by atoms with Crippen molar-refractivity contribution in [2.45, 2.75) is 25.9 Å². The molecule has 2 aliphatic heterocycles. The maximum Gasteiger partial charge on any atom is 0.231 e. The molecule has 0 saturated carbocycles. The van der Waals surface area contributed by atoms with Gasteiger partial charge in [0, 0.05) is 32.1 Å². The Balaban J connectivity index is 0.00000192. The zero-order chi connectivity index (χ0) is 15.4. The molecule has 1 aromatic carbocycles. The molecular formula is C16H23ClN2O4. The molecule has 23 heavy (non-hydrogen) atoms. The van der Waals surface area contributed by atoms with E-state index in [0.29, 0.717) is 26.1 Å². The number of amides is 1. The summed E-state index contributed by atoms with van der Waals surface area (Å²) in [5.74, 6) is 1.66. The highest BCUT2D eigenvalue weighted by Crippen LogP contribution is 2.32. The summed E-state index contributed by atoms with van der Waals surface area (Å²) in [6.07, 6.45) is 0.471. The van der Waals surface area contributed by atoms with Crippen LogP contribution in [0.5, 0.6) is 11.5 Å². The van der Waals surface area contributed by atoms with E-state index in [-0.39, 0.29) is 31.1 Å². The van der Waals surface area contributed by atoms with Gasteiger partial charge in [0.1, 0.15) is 0 Å². The number of nitrogens with zero attached hydrogens (tertiary/aromatic N) is 1. The molecule has 0 radical (unpaired) electrons. The molecule has 1 N–H and O–H groups in total. The Kier molecular flexibility index (Phi) is 6.50. The van der Waals surface area contributed by atoms with Crippen LogP contribution in [-0.2, 0) is 16.1 Å². The van der Waals surface area contributed by atoms with Crippen LogP contribution in [0.25, 0.3) is 0 Å². The standard InChI is InChI=1S/C16H22N2O4.ClH/c1-2-18(16(19)8-13-10-20-6-5-17-13)9-12-3-4-14-15(7-12)22-11-21-14;/h3-4,7,13,17H,2,5-6,8-11H2,1H3;1H. The van der Waals surface area contributed by atoms with Gasteiger partial charge in [-0.25, -0.2) is 0 Å². The van der Waals surface area contributed by atoms with Crippen LogP contribution in [-0.4, -0.2) is 49.9 Å². The SMILES string of the molecule is CCN(Cc1ccc2c(c1)OCO2)C(=O)CC1COCCN1.Cl. The predicted molar refractivity (Wildman–Crippen MR) is 88.1 cm³/mol. The van der Waals surface area contributed by atoms with Crippen LogP contribution in [0.2, 0.25) is 0 Å². The Morgan fingerprint density at radius 3 is 2.91 bits per heavy atom. The van der Waals surface area contributed by atoms with Gasteiger partial charge in [-0.15, -0.1) is 12.4 Å². The lowest BCUT2D eigenvalue weighted by Gasteiger charge is -2.27.